The van der Waals surface area contributed by atoms with Gasteiger partial charge in [0.15, 0.2) is 0 Å². The lowest BCUT2D eigenvalue weighted by atomic mass is 10.2. The summed E-state index contributed by atoms with van der Waals surface area (Å²) in [6, 6.07) is 15.9. The highest BCUT2D eigenvalue weighted by Gasteiger charge is 2.27. The van der Waals surface area contributed by atoms with Crippen molar-refractivity contribution < 1.29 is 13.7 Å². The van der Waals surface area contributed by atoms with Crippen LogP contribution in [0.1, 0.15) is 24.4 Å². The first kappa shape index (κ1) is 20.0. The Morgan fingerprint density at radius 3 is 2.60 bits per heavy atom. The molecule has 6 nitrogen and oxygen atoms in total. The quantitative estimate of drug-likeness (QED) is 0.603. The van der Waals surface area contributed by atoms with Crippen LogP contribution in [0.5, 0.6) is 0 Å². The molecular weight excluding hydrogens is 383 g/mol. The smallest absolute Gasteiger partial charge is 0.246 e. The normalized spacial score (nSPS) is 16.1. The Kier molecular flexibility index (Phi) is 5.99. The highest BCUT2D eigenvalue weighted by atomic mass is 19.1. The Bertz CT molecular complexity index is 1030. The topological polar surface area (TPSA) is 62.5 Å². The molecule has 2 heterocycles. The third kappa shape index (κ3) is 4.63. The summed E-state index contributed by atoms with van der Waals surface area (Å²) in [5.74, 6) is 0.757. The number of carbonyl (C=O) groups is 1. The lowest BCUT2D eigenvalue weighted by Crippen LogP contribution is -2.48. The van der Waals surface area contributed by atoms with Gasteiger partial charge in [-0.05, 0) is 30.7 Å². The third-order valence-corrected chi connectivity index (χ3v) is 5.27. The summed E-state index contributed by atoms with van der Waals surface area (Å²) >= 11 is 0. The second kappa shape index (κ2) is 9.00. The zero-order valence-corrected chi connectivity index (χ0v) is 16.7. The van der Waals surface area contributed by atoms with Crippen LogP contribution in [0.2, 0.25) is 0 Å². The molecule has 30 heavy (non-hydrogen) atoms. The first-order valence-corrected chi connectivity index (χ1v) is 9.96. The maximum Gasteiger partial charge on any atom is 0.246 e. The van der Waals surface area contributed by atoms with Gasteiger partial charge in [-0.1, -0.05) is 47.6 Å². The number of halogens is 1. The fourth-order valence-corrected chi connectivity index (χ4v) is 3.48. The van der Waals surface area contributed by atoms with Crippen molar-refractivity contribution in [2.45, 2.75) is 13.0 Å². The monoisotopic (exact) mass is 406 g/mol. The number of hydrogen-bond acceptors (Lipinski definition) is 5. The molecule has 0 N–H and O–H groups in total. The molecule has 7 heteroatoms. The highest BCUT2D eigenvalue weighted by molar-refractivity contribution is 5.91. The van der Waals surface area contributed by atoms with Gasteiger partial charge in [0, 0.05) is 37.8 Å². The minimum absolute atomic E-state index is 0.0324. The van der Waals surface area contributed by atoms with E-state index in [4.69, 9.17) is 4.52 Å². The fourth-order valence-electron chi connectivity index (χ4n) is 3.48. The average Bonchev–Trinajstić information content (AvgIpc) is 3.28. The number of aromatic nitrogens is 2. The molecule has 1 saturated heterocycles. The van der Waals surface area contributed by atoms with Crippen LogP contribution in [0.4, 0.5) is 4.39 Å². The second-order valence-electron chi connectivity index (χ2n) is 7.25. The highest BCUT2D eigenvalue weighted by Crippen LogP contribution is 2.23. The van der Waals surface area contributed by atoms with Gasteiger partial charge in [0.05, 0.1) is 6.04 Å². The molecular formula is C23H23FN4O2. The summed E-state index contributed by atoms with van der Waals surface area (Å²) in [6.45, 7) is 4.67. The molecule has 1 fully saturated rings. The van der Waals surface area contributed by atoms with Gasteiger partial charge >= 0.3 is 0 Å². The van der Waals surface area contributed by atoms with Crippen LogP contribution in [0.25, 0.3) is 17.5 Å². The SMILES string of the molecule is CC(c1nc(-c2ccccc2)no1)N1CCN(C(=O)C=Cc2cccc(F)c2)CC1. The number of benzene rings is 2. The first-order chi connectivity index (χ1) is 14.6. The molecule has 1 aliphatic heterocycles. The van der Waals surface area contributed by atoms with Gasteiger partial charge in [0.2, 0.25) is 17.6 Å². The van der Waals surface area contributed by atoms with Crippen molar-refractivity contribution in [3.63, 3.8) is 0 Å². The van der Waals surface area contributed by atoms with Gasteiger partial charge in [0.25, 0.3) is 0 Å². The van der Waals surface area contributed by atoms with Gasteiger partial charge in [-0.15, -0.1) is 0 Å². The van der Waals surface area contributed by atoms with Crippen LogP contribution in [-0.4, -0.2) is 52.0 Å². The number of piperazine rings is 1. The van der Waals surface area contributed by atoms with Crippen LogP contribution >= 0.6 is 0 Å². The summed E-state index contributed by atoms with van der Waals surface area (Å²) in [7, 11) is 0. The van der Waals surface area contributed by atoms with Crippen LogP contribution in [0.3, 0.4) is 0 Å². The van der Waals surface area contributed by atoms with E-state index in [1.165, 1.54) is 18.2 Å². The van der Waals surface area contributed by atoms with E-state index in [9.17, 15) is 9.18 Å². The fraction of sp³-hybridized carbons (Fsp3) is 0.261. The first-order valence-electron chi connectivity index (χ1n) is 9.96. The molecule has 154 valence electrons. The van der Waals surface area contributed by atoms with Crippen molar-refractivity contribution in [2.75, 3.05) is 26.2 Å². The number of nitrogens with zero attached hydrogens (tertiary/aromatic N) is 4. The van der Waals surface area contributed by atoms with Crippen LogP contribution in [0.15, 0.2) is 65.2 Å². The van der Waals surface area contributed by atoms with E-state index in [1.807, 2.05) is 37.3 Å². The lowest BCUT2D eigenvalue weighted by Gasteiger charge is -2.36. The van der Waals surface area contributed by atoms with Gasteiger partial charge < -0.3 is 9.42 Å². The van der Waals surface area contributed by atoms with E-state index in [0.717, 1.165) is 5.56 Å². The zero-order valence-electron chi connectivity index (χ0n) is 16.7. The Labute approximate surface area is 174 Å². The van der Waals surface area contributed by atoms with Crippen molar-refractivity contribution in [1.29, 1.82) is 0 Å². The minimum Gasteiger partial charge on any atom is -0.337 e. The summed E-state index contributed by atoms with van der Waals surface area (Å²) < 4.78 is 18.7. The molecule has 4 rings (SSSR count). The largest absolute Gasteiger partial charge is 0.337 e. The predicted octanol–water partition coefficient (Wildman–Crippen LogP) is 3.79. The van der Waals surface area contributed by atoms with E-state index in [2.05, 4.69) is 15.0 Å². The zero-order chi connectivity index (χ0) is 20.9. The molecule has 1 atom stereocenters. The van der Waals surface area contributed by atoms with Gasteiger partial charge in [-0.3, -0.25) is 9.69 Å². The molecule has 0 radical (unpaired) electrons. The van der Waals surface area contributed by atoms with Crippen molar-refractivity contribution in [1.82, 2.24) is 19.9 Å². The Morgan fingerprint density at radius 2 is 1.87 bits per heavy atom. The Hall–Kier alpha value is -3.32. The summed E-state index contributed by atoms with van der Waals surface area (Å²) in [6.07, 6.45) is 3.14. The van der Waals surface area contributed by atoms with Crippen LogP contribution in [-0.2, 0) is 4.79 Å². The molecule has 0 saturated carbocycles. The average molecular weight is 406 g/mol. The number of carbonyl (C=O) groups excluding carboxylic acids is 1. The maximum atomic E-state index is 13.3. The Morgan fingerprint density at radius 1 is 1.10 bits per heavy atom. The number of hydrogen-bond donors (Lipinski definition) is 0. The van der Waals surface area contributed by atoms with Crippen LogP contribution in [0, 0.1) is 5.82 Å². The maximum absolute atomic E-state index is 13.3. The second-order valence-corrected chi connectivity index (χ2v) is 7.25. The molecule has 1 unspecified atom stereocenters. The summed E-state index contributed by atoms with van der Waals surface area (Å²) in [5, 5.41) is 4.09. The third-order valence-electron chi connectivity index (χ3n) is 5.27. The standard InChI is InChI=1S/C23H23FN4O2/c1-17(23-25-22(26-30-23)19-7-3-2-4-8-19)27-12-14-28(15-13-27)21(29)11-10-18-6-5-9-20(24)16-18/h2-11,16-17H,12-15H2,1H3. The van der Waals surface area contributed by atoms with E-state index >= 15 is 0 Å². The van der Waals surface area contributed by atoms with Crippen molar-refractivity contribution in [3.8, 4) is 11.4 Å². The number of amides is 1. The van der Waals surface area contributed by atoms with Crippen molar-refractivity contribution in [2.24, 2.45) is 0 Å². The van der Waals surface area contributed by atoms with E-state index < -0.39 is 0 Å². The molecule has 1 aromatic heterocycles. The van der Waals surface area contributed by atoms with Crippen molar-refractivity contribution >= 4 is 12.0 Å². The van der Waals surface area contributed by atoms with E-state index in [1.54, 1.807) is 23.1 Å². The van der Waals surface area contributed by atoms with Crippen molar-refractivity contribution in [3.05, 3.63) is 77.9 Å². The van der Waals surface area contributed by atoms with Gasteiger partial charge in [-0.2, -0.15) is 4.98 Å². The van der Waals surface area contributed by atoms with Gasteiger partial charge in [-0.25, -0.2) is 4.39 Å². The molecule has 0 bridgehead atoms. The predicted molar refractivity (Wildman–Crippen MR) is 112 cm³/mol. The summed E-state index contributed by atoms with van der Waals surface area (Å²) in [4.78, 5) is 21.0. The summed E-state index contributed by atoms with van der Waals surface area (Å²) in [5.41, 5.74) is 1.58. The van der Waals surface area contributed by atoms with E-state index in [0.29, 0.717) is 43.5 Å². The van der Waals surface area contributed by atoms with Crippen LogP contribution < -0.4 is 0 Å². The number of rotatable bonds is 5. The lowest BCUT2D eigenvalue weighted by molar-refractivity contribution is -0.128. The van der Waals surface area contributed by atoms with E-state index in [-0.39, 0.29) is 17.8 Å². The molecule has 2 aromatic carbocycles. The molecule has 3 aromatic rings. The van der Waals surface area contributed by atoms with Gasteiger partial charge in [0.1, 0.15) is 5.82 Å². The molecule has 1 amide bonds. The molecule has 0 aliphatic carbocycles. The Balaban J connectivity index is 1.33. The minimum atomic E-state index is -0.316. The molecule has 0 spiro atoms. The molecule has 1 aliphatic rings.